The maximum absolute atomic E-state index is 13.6. The van der Waals surface area contributed by atoms with Gasteiger partial charge in [-0.1, -0.05) is 60.7 Å². The van der Waals surface area contributed by atoms with Gasteiger partial charge in [-0.05, 0) is 48.5 Å². The van der Waals surface area contributed by atoms with Crippen LogP contribution in [0.2, 0.25) is 0 Å². The summed E-state index contributed by atoms with van der Waals surface area (Å²) >= 11 is 0. The summed E-state index contributed by atoms with van der Waals surface area (Å²) in [4.78, 5) is 13.6. The summed E-state index contributed by atoms with van der Waals surface area (Å²) in [6, 6.07) is 37.2. The number of Topliss-reactive ketones (excluding diaryl/α,β-unsaturated/α-hetero) is 1. The zero-order valence-electron chi connectivity index (χ0n) is 24.5. The minimum Gasteiger partial charge on any atom is -0.291 e. The molecule has 0 radical (unpaired) electrons. The highest BCUT2D eigenvalue weighted by Gasteiger charge is 2.28. The standard InChI is InChI=1S/C31H28N4O.2ClHO4/c1-23-32(28-17-9-11-19-30(28)34(23)25-13-5-3-6-14-25)21-27(36)22-33-24(2)35(26-15-7-4-8-16-26)31-20-12-10-18-29(31)33;2*2-1(3,4)5/h3-20H,21-22H2,1-2H3;2*(H,2,3,4,5)/q+2;;/p-2. The SMILES string of the molecule is Cc1n(-c2ccccc2)c2ccccc2[n+]1CC(=O)C[n+]1c(C)n(-c2ccccc2)c2ccccc21.[O-][Cl+3]([O-])([O-])[O-].[O-][Cl+3]([O-])([O-])[O-]. The Labute approximate surface area is 267 Å². The van der Waals surface area contributed by atoms with E-state index in [2.05, 4.69) is 80.6 Å². The fourth-order valence-electron chi connectivity index (χ4n) is 5.31. The van der Waals surface area contributed by atoms with Crippen LogP contribution < -0.4 is 46.4 Å². The first-order valence-electron chi connectivity index (χ1n) is 13.5. The van der Waals surface area contributed by atoms with E-state index in [4.69, 9.17) is 37.3 Å². The van der Waals surface area contributed by atoms with Crippen molar-refractivity contribution in [2.75, 3.05) is 0 Å². The second kappa shape index (κ2) is 14.5. The molecule has 0 amide bonds. The maximum atomic E-state index is 13.6. The van der Waals surface area contributed by atoms with E-state index in [9.17, 15) is 4.79 Å². The van der Waals surface area contributed by atoms with Crippen LogP contribution in [0, 0.1) is 34.3 Å². The van der Waals surface area contributed by atoms with Crippen molar-refractivity contribution in [2.45, 2.75) is 26.9 Å². The molecule has 0 aliphatic rings. The van der Waals surface area contributed by atoms with E-state index in [0.717, 1.165) is 45.1 Å². The lowest BCUT2D eigenvalue weighted by atomic mass is 10.2. The molecular formula is C31H28Cl2N4O9. The van der Waals surface area contributed by atoms with Gasteiger partial charge in [0.15, 0.2) is 35.2 Å². The van der Waals surface area contributed by atoms with Crippen LogP contribution in [0.1, 0.15) is 11.6 Å². The predicted octanol–water partition coefficient (Wildman–Crippen LogP) is -4.48. The van der Waals surface area contributed by atoms with Crippen molar-refractivity contribution in [3.8, 4) is 11.4 Å². The minimum absolute atomic E-state index is 0.156. The molecule has 6 aromatic rings. The zero-order valence-corrected chi connectivity index (χ0v) is 26.0. The molecule has 6 rings (SSSR count). The summed E-state index contributed by atoms with van der Waals surface area (Å²) in [5.41, 5.74) is 6.49. The van der Waals surface area contributed by atoms with Gasteiger partial charge >= 0.3 is 0 Å². The Hall–Kier alpha value is -4.25. The summed E-state index contributed by atoms with van der Waals surface area (Å²) in [5.74, 6) is 2.22. The van der Waals surface area contributed by atoms with Crippen LogP contribution in [0.25, 0.3) is 33.4 Å². The van der Waals surface area contributed by atoms with Crippen LogP contribution in [0.3, 0.4) is 0 Å². The van der Waals surface area contributed by atoms with Gasteiger partial charge in [-0.15, -0.1) is 20.5 Å². The van der Waals surface area contributed by atoms with Gasteiger partial charge in [-0.2, -0.15) is 9.13 Å². The van der Waals surface area contributed by atoms with E-state index in [1.54, 1.807) is 0 Å². The summed E-state index contributed by atoms with van der Waals surface area (Å²) in [6.45, 7) is 4.78. The normalized spacial score (nSPS) is 11.5. The average Bonchev–Trinajstić information content (AvgIpc) is 3.42. The number of imidazole rings is 2. The molecule has 2 aromatic heterocycles. The molecule has 0 N–H and O–H groups in total. The number of nitrogens with zero attached hydrogens (tertiary/aromatic N) is 4. The average molecular weight is 671 g/mol. The van der Waals surface area contributed by atoms with Crippen molar-refractivity contribution < 1.29 is 71.7 Å². The Morgan fingerprint density at radius 1 is 0.522 bits per heavy atom. The summed E-state index contributed by atoms with van der Waals surface area (Å²) < 4.78 is 76.7. The first kappa shape index (κ1) is 34.6. The Morgan fingerprint density at radius 2 is 0.804 bits per heavy atom. The van der Waals surface area contributed by atoms with E-state index >= 15 is 0 Å². The number of aromatic nitrogens is 4. The van der Waals surface area contributed by atoms with Crippen molar-refractivity contribution in [1.29, 1.82) is 0 Å². The summed E-state index contributed by atoms with van der Waals surface area (Å²) in [5, 5.41) is 0. The number of hydrogen-bond donors (Lipinski definition) is 0. The number of fused-ring (bicyclic) bond motifs is 2. The Kier molecular flexibility index (Phi) is 10.9. The molecule has 240 valence electrons. The van der Waals surface area contributed by atoms with Crippen LogP contribution in [-0.4, -0.2) is 14.9 Å². The number of benzene rings is 4. The zero-order chi connectivity index (χ0) is 33.6. The van der Waals surface area contributed by atoms with Gasteiger partial charge < -0.3 is 0 Å². The third-order valence-corrected chi connectivity index (χ3v) is 6.95. The van der Waals surface area contributed by atoms with E-state index in [1.165, 1.54) is 0 Å². The largest absolute Gasteiger partial charge is 0.291 e. The number of para-hydroxylation sites is 6. The smallest absolute Gasteiger partial charge is 0.259 e. The van der Waals surface area contributed by atoms with Gasteiger partial charge in [0, 0.05) is 13.8 Å². The molecule has 0 aliphatic heterocycles. The molecule has 46 heavy (non-hydrogen) atoms. The molecule has 0 aliphatic carbocycles. The fraction of sp³-hybridized carbons (Fsp3) is 0.129. The van der Waals surface area contributed by atoms with Gasteiger partial charge in [0.1, 0.15) is 11.4 Å². The topological polar surface area (TPSA) is 219 Å². The van der Waals surface area contributed by atoms with Crippen LogP contribution >= 0.6 is 0 Å². The highest BCUT2D eigenvalue weighted by molar-refractivity contribution is 5.80. The van der Waals surface area contributed by atoms with Gasteiger partial charge in [0.05, 0.1) is 0 Å². The number of ketones is 1. The van der Waals surface area contributed by atoms with Crippen molar-refractivity contribution in [3.63, 3.8) is 0 Å². The first-order chi connectivity index (χ1) is 21.6. The molecule has 0 fully saturated rings. The molecule has 0 unspecified atom stereocenters. The van der Waals surface area contributed by atoms with Crippen LogP contribution in [0.5, 0.6) is 0 Å². The molecule has 13 nitrogen and oxygen atoms in total. The van der Waals surface area contributed by atoms with Gasteiger partial charge in [-0.25, -0.2) is 46.4 Å². The summed E-state index contributed by atoms with van der Waals surface area (Å²) in [6.07, 6.45) is 0. The molecule has 0 bridgehead atoms. The van der Waals surface area contributed by atoms with Crippen LogP contribution in [-0.2, 0) is 17.9 Å². The van der Waals surface area contributed by atoms with E-state index in [1.807, 2.05) is 60.7 Å². The Morgan fingerprint density at radius 3 is 1.13 bits per heavy atom. The second-order valence-corrected chi connectivity index (χ2v) is 11.4. The number of rotatable bonds is 6. The quantitative estimate of drug-likeness (QED) is 0.156. The number of halogens is 2. The maximum Gasteiger partial charge on any atom is 0.259 e. The Balaban J connectivity index is 0.000000421. The number of carbonyl (C=O) groups excluding carboxylic acids is 1. The molecule has 0 saturated carbocycles. The monoisotopic (exact) mass is 670 g/mol. The van der Waals surface area contributed by atoms with Gasteiger partial charge in [0.25, 0.3) is 11.6 Å². The van der Waals surface area contributed by atoms with Crippen LogP contribution in [0.4, 0.5) is 0 Å². The minimum atomic E-state index is -4.94. The predicted molar refractivity (Wildman–Crippen MR) is 141 cm³/mol. The lowest BCUT2D eigenvalue weighted by molar-refractivity contribution is -2.00. The molecule has 2 heterocycles. The first-order valence-corrected chi connectivity index (χ1v) is 16.0. The van der Waals surface area contributed by atoms with Crippen LogP contribution in [0.15, 0.2) is 109 Å². The van der Waals surface area contributed by atoms with Gasteiger partial charge in [-0.3, -0.25) is 4.79 Å². The lowest BCUT2D eigenvalue weighted by Gasteiger charge is -2.17. The molecule has 4 aromatic carbocycles. The Bertz CT molecular complexity index is 1780. The second-order valence-electron chi connectivity index (χ2n) is 9.88. The molecule has 0 saturated heterocycles. The highest BCUT2D eigenvalue weighted by Crippen LogP contribution is 2.21. The van der Waals surface area contributed by atoms with E-state index in [-0.39, 0.29) is 5.78 Å². The molecule has 0 spiro atoms. The van der Waals surface area contributed by atoms with Crippen molar-refractivity contribution >= 4 is 27.9 Å². The fourth-order valence-corrected chi connectivity index (χ4v) is 5.31. The van der Waals surface area contributed by atoms with Gasteiger partial charge in [0.2, 0.25) is 5.78 Å². The molecular weight excluding hydrogens is 643 g/mol. The number of hydrogen-bond acceptors (Lipinski definition) is 9. The summed E-state index contributed by atoms with van der Waals surface area (Å²) in [7, 11) is -9.89. The van der Waals surface area contributed by atoms with Crippen molar-refractivity contribution in [3.05, 3.63) is 121 Å². The lowest BCUT2D eigenvalue weighted by Crippen LogP contribution is -2.68. The molecule has 0 atom stereocenters. The number of carbonyl (C=O) groups is 1. The third kappa shape index (κ3) is 8.93. The molecule has 15 heteroatoms. The van der Waals surface area contributed by atoms with Crippen molar-refractivity contribution in [1.82, 2.24) is 9.13 Å². The van der Waals surface area contributed by atoms with E-state index < -0.39 is 20.5 Å². The van der Waals surface area contributed by atoms with E-state index in [0.29, 0.717) is 13.1 Å². The highest BCUT2D eigenvalue weighted by atomic mass is 35.7. The third-order valence-electron chi connectivity index (χ3n) is 6.95. The van der Waals surface area contributed by atoms with Crippen molar-refractivity contribution in [2.24, 2.45) is 0 Å².